The van der Waals surface area contributed by atoms with Crippen molar-refractivity contribution in [3.63, 3.8) is 0 Å². The molecule has 0 fully saturated rings. The quantitative estimate of drug-likeness (QED) is 0.352. The number of alkyl halides is 1. The van der Waals surface area contributed by atoms with Gasteiger partial charge < -0.3 is 0 Å². The molecule has 0 heterocycles. The summed E-state index contributed by atoms with van der Waals surface area (Å²) in [6.07, 6.45) is 9.73. The summed E-state index contributed by atoms with van der Waals surface area (Å²) in [5.74, 6) is 0. The lowest BCUT2D eigenvalue weighted by molar-refractivity contribution is 0.275. The van der Waals surface area contributed by atoms with Gasteiger partial charge in [-0.25, -0.2) is 0 Å². The summed E-state index contributed by atoms with van der Waals surface area (Å²) in [6.45, 7) is 5.74. The minimum absolute atomic E-state index is 1.07. The van der Waals surface area contributed by atoms with E-state index in [2.05, 4.69) is 58.1 Å². The Morgan fingerprint density at radius 2 is 1.50 bits per heavy atom. The maximum atomic E-state index is 3.57. The standard InChI is InChI=1S/C18H30BrN/c1-2-3-4-5-6-7-11-15-20(16-14-19)17-18-12-9-8-10-13-18/h8-10,12-13H,2-7,11,14-17H2,1H3. The van der Waals surface area contributed by atoms with E-state index in [-0.39, 0.29) is 0 Å². The minimum Gasteiger partial charge on any atom is -0.298 e. The average Bonchev–Trinajstić information content (AvgIpc) is 2.47. The Hall–Kier alpha value is -0.340. The number of hydrogen-bond acceptors (Lipinski definition) is 1. The van der Waals surface area contributed by atoms with Crippen LogP contribution < -0.4 is 0 Å². The van der Waals surface area contributed by atoms with Gasteiger partial charge in [-0.2, -0.15) is 0 Å². The molecule has 20 heavy (non-hydrogen) atoms. The Morgan fingerprint density at radius 1 is 0.850 bits per heavy atom. The summed E-state index contributed by atoms with van der Waals surface area (Å²) in [5.41, 5.74) is 1.43. The molecule has 2 heteroatoms. The van der Waals surface area contributed by atoms with Gasteiger partial charge in [0, 0.05) is 18.4 Å². The summed E-state index contributed by atoms with van der Waals surface area (Å²) in [5, 5.41) is 1.07. The van der Waals surface area contributed by atoms with Crippen LogP contribution in [0.4, 0.5) is 0 Å². The van der Waals surface area contributed by atoms with Crippen LogP contribution in [0.3, 0.4) is 0 Å². The molecule has 0 bridgehead atoms. The van der Waals surface area contributed by atoms with Crippen molar-refractivity contribution >= 4 is 15.9 Å². The molecule has 0 N–H and O–H groups in total. The van der Waals surface area contributed by atoms with E-state index >= 15 is 0 Å². The molecule has 0 aromatic heterocycles. The second-order valence-corrected chi connectivity index (χ2v) is 6.37. The average molecular weight is 340 g/mol. The molecular formula is C18H30BrN. The van der Waals surface area contributed by atoms with E-state index in [0.717, 1.165) is 18.4 Å². The van der Waals surface area contributed by atoms with Gasteiger partial charge in [0.2, 0.25) is 0 Å². The van der Waals surface area contributed by atoms with Gasteiger partial charge in [-0.1, -0.05) is 91.7 Å². The third-order valence-electron chi connectivity index (χ3n) is 3.73. The first-order valence-corrected chi connectivity index (χ1v) is 9.31. The molecule has 0 aliphatic heterocycles. The van der Waals surface area contributed by atoms with Crippen LogP contribution >= 0.6 is 15.9 Å². The summed E-state index contributed by atoms with van der Waals surface area (Å²) >= 11 is 3.57. The second-order valence-electron chi connectivity index (χ2n) is 5.57. The Bertz CT molecular complexity index is 312. The lowest BCUT2D eigenvalue weighted by Gasteiger charge is -2.21. The number of hydrogen-bond donors (Lipinski definition) is 0. The van der Waals surface area contributed by atoms with Gasteiger partial charge in [0.15, 0.2) is 0 Å². The first-order chi connectivity index (χ1) is 9.86. The molecule has 0 unspecified atom stereocenters. The van der Waals surface area contributed by atoms with E-state index in [9.17, 15) is 0 Å². The third kappa shape index (κ3) is 8.76. The highest BCUT2D eigenvalue weighted by atomic mass is 79.9. The molecule has 0 aliphatic rings. The van der Waals surface area contributed by atoms with Crippen LogP contribution in [0.1, 0.15) is 57.4 Å². The molecule has 0 aliphatic carbocycles. The van der Waals surface area contributed by atoms with Crippen LogP contribution in [0.5, 0.6) is 0 Å². The highest BCUT2D eigenvalue weighted by Gasteiger charge is 2.04. The second kappa shape index (κ2) is 12.4. The predicted octanol–water partition coefficient (Wildman–Crippen LogP) is 5.63. The van der Waals surface area contributed by atoms with E-state index < -0.39 is 0 Å². The Labute approximate surface area is 133 Å². The molecule has 1 aromatic carbocycles. The Balaban J connectivity index is 2.15. The maximum absolute atomic E-state index is 3.57. The fraction of sp³-hybridized carbons (Fsp3) is 0.667. The summed E-state index contributed by atoms with van der Waals surface area (Å²) in [7, 11) is 0. The van der Waals surface area contributed by atoms with Crippen LogP contribution in [0.25, 0.3) is 0 Å². The number of unbranched alkanes of at least 4 members (excludes halogenated alkanes) is 6. The number of rotatable bonds is 12. The van der Waals surface area contributed by atoms with Crippen molar-refractivity contribution in [3.05, 3.63) is 35.9 Å². The predicted molar refractivity (Wildman–Crippen MR) is 93.5 cm³/mol. The molecule has 0 radical (unpaired) electrons. The largest absolute Gasteiger partial charge is 0.298 e. The molecule has 114 valence electrons. The fourth-order valence-electron chi connectivity index (χ4n) is 2.52. The van der Waals surface area contributed by atoms with Gasteiger partial charge in [0.1, 0.15) is 0 Å². The van der Waals surface area contributed by atoms with Crippen LogP contribution in [0.2, 0.25) is 0 Å². The molecule has 1 rings (SSSR count). The number of halogens is 1. The van der Waals surface area contributed by atoms with Gasteiger partial charge in [0.05, 0.1) is 0 Å². The molecule has 0 amide bonds. The van der Waals surface area contributed by atoms with Crippen molar-refractivity contribution in [3.8, 4) is 0 Å². The SMILES string of the molecule is CCCCCCCCCN(CCBr)Cc1ccccc1. The smallest absolute Gasteiger partial charge is 0.0234 e. The van der Waals surface area contributed by atoms with Gasteiger partial charge in [-0.15, -0.1) is 0 Å². The van der Waals surface area contributed by atoms with Gasteiger partial charge in [0.25, 0.3) is 0 Å². The van der Waals surface area contributed by atoms with Gasteiger partial charge in [-0.3, -0.25) is 4.90 Å². The highest BCUT2D eigenvalue weighted by molar-refractivity contribution is 9.09. The van der Waals surface area contributed by atoms with Gasteiger partial charge >= 0.3 is 0 Å². The van der Waals surface area contributed by atoms with Crippen LogP contribution in [0.15, 0.2) is 30.3 Å². The molecular weight excluding hydrogens is 310 g/mol. The Kier molecular flexibility index (Phi) is 11.0. The van der Waals surface area contributed by atoms with Crippen molar-refractivity contribution in [2.24, 2.45) is 0 Å². The van der Waals surface area contributed by atoms with Crippen molar-refractivity contribution in [2.45, 2.75) is 58.4 Å². The summed E-state index contributed by atoms with van der Waals surface area (Å²) in [6, 6.07) is 10.8. The third-order valence-corrected chi connectivity index (χ3v) is 4.08. The lowest BCUT2D eigenvalue weighted by atomic mass is 10.1. The van der Waals surface area contributed by atoms with Crippen LogP contribution in [-0.2, 0) is 6.54 Å². The van der Waals surface area contributed by atoms with Crippen molar-refractivity contribution < 1.29 is 0 Å². The molecule has 1 nitrogen and oxygen atoms in total. The summed E-state index contributed by atoms with van der Waals surface area (Å²) < 4.78 is 0. The zero-order chi connectivity index (χ0) is 14.5. The van der Waals surface area contributed by atoms with Crippen LogP contribution in [0, 0.1) is 0 Å². The van der Waals surface area contributed by atoms with E-state index in [1.165, 1.54) is 57.1 Å². The zero-order valence-corrected chi connectivity index (χ0v) is 14.6. The lowest BCUT2D eigenvalue weighted by Crippen LogP contribution is -2.26. The minimum atomic E-state index is 1.07. The first kappa shape index (κ1) is 17.7. The van der Waals surface area contributed by atoms with Gasteiger partial charge in [-0.05, 0) is 18.5 Å². The van der Waals surface area contributed by atoms with E-state index in [0.29, 0.717) is 0 Å². The first-order valence-electron chi connectivity index (χ1n) is 8.19. The molecule has 0 saturated carbocycles. The monoisotopic (exact) mass is 339 g/mol. The number of benzene rings is 1. The normalized spacial score (nSPS) is 11.2. The van der Waals surface area contributed by atoms with E-state index in [4.69, 9.17) is 0 Å². The molecule has 1 aromatic rings. The van der Waals surface area contributed by atoms with Crippen molar-refractivity contribution in [1.82, 2.24) is 4.90 Å². The zero-order valence-electron chi connectivity index (χ0n) is 13.0. The maximum Gasteiger partial charge on any atom is 0.0234 e. The molecule has 0 atom stereocenters. The van der Waals surface area contributed by atoms with E-state index in [1.54, 1.807) is 0 Å². The van der Waals surface area contributed by atoms with Crippen molar-refractivity contribution in [1.29, 1.82) is 0 Å². The van der Waals surface area contributed by atoms with Crippen LogP contribution in [-0.4, -0.2) is 23.3 Å². The van der Waals surface area contributed by atoms with E-state index in [1.807, 2.05) is 0 Å². The fourth-order valence-corrected chi connectivity index (χ4v) is 3.03. The molecule has 0 saturated heterocycles. The summed E-state index contributed by atoms with van der Waals surface area (Å²) in [4.78, 5) is 2.57. The number of nitrogens with zero attached hydrogens (tertiary/aromatic N) is 1. The highest BCUT2D eigenvalue weighted by Crippen LogP contribution is 2.10. The molecule has 0 spiro atoms. The van der Waals surface area contributed by atoms with Crippen molar-refractivity contribution in [2.75, 3.05) is 18.4 Å². The Morgan fingerprint density at radius 3 is 2.15 bits per heavy atom. The topological polar surface area (TPSA) is 3.24 Å².